The Morgan fingerprint density at radius 2 is 1.93 bits per heavy atom. The number of aromatic nitrogens is 6. The lowest BCUT2D eigenvalue weighted by molar-refractivity contribution is -0.116. The minimum absolute atomic E-state index is 0.175. The number of hydrogen-bond acceptors (Lipinski definition) is 9. The van der Waals surface area contributed by atoms with Gasteiger partial charge >= 0.3 is 0 Å². The molecule has 11 nitrogen and oxygen atoms in total. The van der Waals surface area contributed by atoms with E-state index < -0.39 is 17.5 Å². The first kappa shape index (κ1) is 29.2. The second-order valence-electron chi connectivity index (χ2n) is 9.84. The SMILES string of the molecule is COC.Cc1cn2c(-c3cnn(CC(=O)Nc4cccc(F)c4F)c3)cnc2c(Nc2cc(CN3CCCC3)ns2)n1. The van der Waals surface area contributed by atoms with Crippen molar-refractivity contribution in [2.75, 3.05) is 37.9 Å². The van der Waals surface area contributed by atoms with Crippen molar-refractivity contribution in [2.24, 2.45) is 0 Å². The molecule has 2 N–H and O–H groups in total. The number of anilines is 3. The molecule has 0 radical (unpaired) electrons. The number of nitrogens with one attached hydrogen (secondary N) is 2. The predicted octanol–water partition coefficient (Wildman–Crippen LogP) is 4.88. The van der Waals surface area contributed by atoms with Gasteiger partial charge in [0.1, 0.15) is 11.5 Å². The number of imidazole rings is 1. The van der Waals surface area contributed by atoms with Crippen LogP contribution in [0.5, 0.6) is 0 Å². The van der Waals surface area contributed by atoms with E-state index in [0.717, 1.165) is 53.3 Å². The van der Waals surface area contributed by atoms with Gasteiger partial charge in [0, 0.05) is 38.7 Å². The van der Waals surface area contributed by atoms with Crippen molar-refractivity contribution in [2.45, 2.75) is 32.9 Å². The van der Waals surface area contributed by atoms with Crippen LogP contribution in [0.1, 0.15) is 24.2 Å². The number of methoxy groups -OCH3 is 1. The predicted molar refractivity (Wildman–Crippen MR) is 157 cm³/mol. The summed E-state index contributed by atoms with van der Waals surface area (Å²) in [6, 6.07) is 5.67. The highest BCUT2D eigenvalue weighted by molar-refractivity contribution is 7.10. The average Bonchev–Trinajstić information content (AvgIpc) is 3.76. The highest BCUT2D eigenvalue weighted by atomic mass is 32.1. The number of aryl methyl sites for hydroxylation is 1. The molecule has 5 heterocycles. The topological polar surface area (TPSA) is 114 Å². The Labute approximate surface area is 245 Å². The standard InChI is InChI=1S/C26H25F2N9OS.C2H6O/c1-16-12-37-21(17-10-30-36(13-17)15-22(38)32-20-6-4-5-19(27)24(20)28)11-29-26(37)25(31-16)33-23-9-18(34-39-23)14-35-7-2-3-8-35;1-3-2/h4-6,9-13H,2-3,7-8,14-15H2,1H3,(H,31,33)(H,32,38);1-2H3. The first-order chi connectivity index (χ1) is 20.3. The Morgan fingerprint density at radius 1 is 1.14 bits per heavy atom. The zero-order chi connectivity index (χ0) is 29.6. The van der Waals surface area contributed by atoms with Gasteiger partial charge < -0.3 is 15.4 Å². The number of rotatable bonds is 8. The number of fused-ring (bicyclic) bond motifs is 1. The molecule has 0 bridgehead atoms. The van der Waals surface area contributed by atoms with E-state index in [1.807, 2.05) is 17.5 Å². The van der Waals surface area contributed by atoms with Gasteiger partial charge in [-0.3, -0.25) is 18.8 Å². The van der Waals surface area contributed by atoms with Crippen LogP contribution in [0, 0.1) is 18.6 Å². The molecule has 0 aliphatic carbocycles. The summed E-state index contributed by atoms with van der Waals surface area (Å²) in [5.41, 5.74) is 3.73. The molecule has 14 heteroatoms. The number of benzene rings is 1. The molecule has 1 amide bonds. The molecule has 5 aromatic rings. The molecule has 1 saturated heterocycles. The summed E-state index contributed by atoms with van der Waals surface area (Å²) in [5.74, 6) is -2.06. The van der Waals surface area contributed by atoms with Gasteiger partial charge in [-0.25, -0.2) is 18.7 Å². The van der Waals surface area contributed by atoms with Crippen LogP contribution in [-0.4, -0.2) is 66.6 Å². The number of ether oxygens (including phenoxy) is 1. The fourth-order valence-electron chi connectivity index (χ4n) is 4.66. The zero-order valence-corrected chi connectivity index (χ0v) is 24.3. The lowest BCUT2D eigenvalue weighted by Crippen LogP contribution is -2.19. The average molecular weight is 596 g/mol. The summed E-state index contributed by atoms with van der Waals surface area (Å²) in [6.45, 7) is 4.81. The third-order valence-electron chi connectivity index (χ3n) is 6.46. The van der Waals surface area contributed by atoms with Gasteiger partial charge in [-0.2, -0.15) is 9.47 Å². The van der Waals surface area contributed by atoms with Crippen molar-refractivity contribution >= 4 is 39.6 Å². The second-order valence-corrected chi connectivity index (χ2v) is 10.6. The summed E-state index contributed by atoms with van der Waals surface area (Å²) < 4.78 is 39.5. The van der Waals surface area contributed by atoms with Crippen molar-refractivity contribution in [1.29, 1.82) is 0 Å². The first-order valence-electron chi connectivity index (χ1n) is 13.3. The quantitative estimate of drug-likeness (QED) is 0.261. The number of carbonyl (C=O) groups excluding carboxylic acids is 1. The number of halogens is 2. The maximum Gasteiger partial charge on any atom is 0.246 e. The second kappa shape index (κ2) is 13.1. The van der Waals surface area contributed by atoms with Gasteiger partial charge in [-0.15, -0.1) is 0 Å². The monoisotopic (exact) mass is 595 g/mol. The molecule has 0 atom stereocenters. The van der Waals surface area contributed by atoms with Crippen molar-refractivity contribution < 1.29 is 18.3 Å². The summed E-state index contributed by atoms with van der Waals surface area (Å²) in [5, 5.41) is 10.9. The van der Waals surface area contributed by atoms with E-state index in [4.69, 9.17) is 0 Å². The fraction of sp³-hybridized carbons (Fsp3) is 0.321. The van der Waals surface area contributed by atoms with Crippen LogP contribution in [0.4, 0.5) is 25.3 Å². The zero-order valence-electron chi connectivity index (χ0n) is 23.5. The van der Waals surface area contributed by atoms with E-state index in [2.05, 4.69) is 45.8 Å². The van der Waals surface area contributed by atoms with Crippen molar-refractivity contribution in [3.63, 3.8) is 0 Å². The Hall–Kier alpha value is -4.27. The smallest absolute Gasteiger partial charge is 0.246 e. The Balaban J connectivity index is 0.00000113. The highest BCUT2D eigenvalue weighted by Crippen LogP contribution is 2.28. The van der Waals surface area contributed by atoms with Gasteiger partial charge in [0.2, 0.25) is 5.91 Å². The van der Waals surface area contributed by atoms with Gasteiger partial charge in [-0.05, 0) is 62.6 Å². The molecule has 0 unspecified atom stereocenters. The maximum absolute atomic E-state index is 13.9. The van der Waals surface area contributed by atoms with Crippen LogP contribution in [0.2, 0.25) is 0 Å². The van der Waals surface area contributed by atoms with Gasteiger partial charge in [0.25, 0.3) is 0 Å². The molecule has 4 aromatic heterocycles. The number of carbonyl (C=O) groups is 1. The third kappa shape index (κ3) is 6.78. The molecular weight excluding hydrogens is 564 g/mol. The Bertz CT molecular complexity index is 1680. The molecule has 220 valence electrons. The lowest BCUT2D eigenvalue weighted by Gasteiger charge is -2.11. The molecule has 6 rings (SSSR count). The molecular formula is C28H31F2N9O2S. The minimum Gasteiger partial charge on any atom is -0.388 e. The molecule has 1 aliphatic rings. The summed E-state index contributed by atoms with van der Waals surface area (Å²) in [6.07, 6.45) is 9.40. The van der Waals surface area contributed by atoms with Crippen LogP contribution in [0.15, 0.2) is 49.1 Å². The Kier molecular flexibility index (Phi) is 9.15. The minimum atomic E-state index is -1.10. The molecule has 1 fully saturated rings. The summed E-state index contributed by atoms with van der Waals surface area (Å²) in [7, 11) is 3.25. The fourth-order valence-corrected chi connectivity index (χ4v) is 5.31. The highest BCUT2D eigenvalue weighted by Gasteiger charge is 2.17. The van der Waals surface area contributed by atoms with Crippen LogP contribution >= 0.6 is 11.5 Å². The maximum atomic E-state index is 13.9. The largest absolute Gasteiger partial charge is 0.388 e. The molecule has 1 aliphatic heterocycles. The van der Waals surface area contributed by atoms with E-state index in [1.165, 1.54) is 41.2 Å². The van der Waals surface area contributed by atoms with E-state index in [0.29, 0.717) is 11.5 Å². The number of amides is 1. The molecule has 1 aromatic carbocycles. The van der Waals surface area contributed by atoms with Crippen LogP contribution in [0.3, 0.4) is 0 Å². The normalized spacial score (nSPS) is 13.3. The van der Waals surface area contributed by atoms with Crippen molar-refractivity contribution in [3.8, 4) is 11.3 Å². The van der Waals surface area contributed by atoms with Crippen molar-refractivity contribution in [1.82, 2.24) is 33.4 Å². The van der Waals surface area contributed by atoms with Crippen LogP contribution < -0.4 is 10.6 Å². The van der Waals surface area contributed by atoms with Crippen LogP contribution in [-0.2, 0) is 22.6 Å². The third-order valence-corrected chi connectivity index (χ3v) is 7.20. The summed E-state index contributed by atoms with van der Waals surface area (Å²) >= 11 is 1.40. The Morgan fingerprint density at radius 3 is 2.71 bits per heavy atom. The van der Waals surface area contributed by atoms with Crippen LogP contribution in [0.25, 0.3) is 16.9 Å². The first-order valence-corrected chi connectivity index (χ1v) is 14.1. The molecule has 42 heavy (non-hydrogen) atoms. The summed E-state index contributed by atoms with van der Waals surface area (Å²) in [4.78, 5) is 24.1. The number of hydrogen-bond donors (Lipinski definition) is 2. The lowest BCUT2D eigenvalue weighted by atomic mass is 10.3. The molecule has 0 spiro atoms. The van der Waals surface area contributed by atoms with E-state index in [1.54, 1.807) is 32.8 Å². The van der Waals surface area contributed by atoms with E-state index >= 15 is 0 Å². The van der Waals surface area contributed by atoms with E-state index in [9.17, 15) is 13.6 Å². The van der Waals surface area contributed by atoms with E-state index in [-0.39, 0.29) is 12.2 Å². The van der Waals surface area contributed by atoms with Gasteiger partial charge in [-0.1, -0.05) is 6.07 Å². The number of likely N-dealkylation sites (tertiary alicyclic amines) is 1. The molecule has 0 saturated carbocycles. The number of nitrogens with zero attached hydrogens (tertiary/aromatic N) is 7. The van der Waals surface area contributed by atoms with Gasteiger partial charge in [0.15, 0.2) is 23.1 Å². The van der Waals surface area contributed by atoms with Gasteiger partial charge in [0.05, 0.1) is 35.2 Å². The van der Waals surface area contributed by atoms with Crippen molar-refractivity contribution in [3.05, 3.63) is 72.1 Å².